The van der Waals surface area contributed by atoms with Gasteiger partial charge >= 0.3 is 0 Å². The highest BCUT2D eigenvalue weighted by Crippen LogP contribution is 2.36. The smallest absolute Gasteiger partial charge is 0.164 e. The molecular weight excluding hydrogens is 418 g/mol. The van der Waals surface area contributed by atoms with Gasteiger partial charge in [0.1, 0.15) is 11.2 Å². The van der Waals surface area contributed by atoms with Gasteiger partial charge in [0.15, 0.2) is 17.5 Å². The van der Waals surface area contributed by atoms with E-state index in [0.29, 0.717) is 22.5 Å². The maximum absolute atomic E-state index is 6.25. The molecule has 0 unspecified atom stereocenters. The van der Waals surface area contributed by atoms with E-state index in [-0.39, 0.29) is 0 Å². The lowest BCUT2D eigenvalue weighted by atomic mass is 10.1. The molecule has 2 heterocycles. The Labute approximate surface area is 189 Å². The molecule has 5 heteroatoms. The Bertz CT molecular complexity index is 1590. The molecule has 0 aliphatic rings. The summed E-state index contributed by atoms with van der Waals surface area (Å²) in [4.78, 5) is 14.5. The standard InChI is InChI=1S/C27H16ClN3O/c28-19-11-6-10-18(16-19)26-29-25(17-8-2-1-3-9-17)30-27(31-26)21-13-7-15-23-24(21)20-12-4-5-14-22(20)32-23/h1-16H. The third kappa shape index (κ3) is 3.22. The van der Waals surface area contributed by atoms with E-state index < -0.39 is 0 Å². The van der Waals surface area contributed by atoms with Crippen LogP contribution in [0.3, 0.4) is 0 Å². The van der Waals surface area contributed by atoms with E-state index in [1.807, 2.05) is 91.0 Å². The molecule has 0 N–H and O–H groups in total. The Morgan fingerprint density at radius 1 is 0.562 bits per heavy atom. The molecule has 4 nitrogen and oxygen atoms in total. The van der Waals surface area contributed by atoms with E-state index in [1.165, 1.54) is 0 Å². The summed E-state index contributed by atoms with van der Waals surface area (Å²) in [6.45, 7) is 0. The summed E-state index contributed by atoms with van der Waals surface area (Å²) in [7, 11) is 0. The fourth-order valence-electron chi connectivity index (χ4n) is 3.93. The third-order valence-corrected chi connectivity index (χ3v) is 5.63. The molecule has 32 heavy (non-hydrogen) atoms. The van der Waals surface area contributed by atoms with Crippen LogP contribution in [0, 0.1) is 0 Å². The van der Waals surface area contributed by atoms with Crippen molar-refractivity contribution in [3.63, 3.8) is 0 Å². The lowest BCUT2D eigenvalue weighted by molar-refractivity contribution is 0.669. The molecule has 0 saturated carbocycles. The second kappa shape index (κ2) is 7.59. The summed E-state index contributed by atoms with van der Waals surface area (Å²) >= 11 is 6.25. The van der Waals surface area contributed by atoms with Crippen molar-refractivity contribution in [3.05, 3.63) is 102 Å². The highest BCUT2D eigenvalue weighted by molar-refractivity contribution is 6.30. The first-order valence-corrected chi connectivity index (χ1v) is 10.6. The molecule has 0 aliphatic carbocycles. The zero-order valence-corrected chi connectivity index (χ0v) is 17.6. The Hall–Kier alpha value is -4.02. The van der Waals surface area contributed by atoms with Gasteiger partial charge < -0.3 is 4.42 Å². The first kappa shape index (κ1) is 18.7. The Morgan fingerprint density at radius 3 is 2.06 bits per heavy atom. The molecule has 4 aromatic carbocycles. The molecule has 0 radical (unpaired) electrons. The van der Waals surface area contributed by atoms with E-state index in [4.69, 9.17) is 31.0 Å². The summed E-state index contributed by atoms with van der Waals surface area (Å²) in [6, 6.07) is 31.4. The largest absolute Gasteiger partial charge is 0.456 e. The van der Waals surface area contributed by atoms with Gasteiger partial charge in [-0.05, 0) is 24.3 Å². The van der Waals surface area contributed by atoms with Crippen molar-refractivity contribution in [2.75, 3.05) is 0 Å². The molecule has 0 fully saturated rings. The first-order valence-electron chi connectivity index (χ1n) is 10.2. The van der Waals surface area contributed by atoms with Crippen LogP contribution in [0.2, 0.25) is 5.02 Å². The number of hydrogen-bond acceptors (Lipinski definition) is 4. The minimum absolute atomic E-state index is 0.571. The Balaban J connectivity index is 1.65. The van der Waals surface area contributed by atoms with E-state index in [1.54, 1.807) is 0 Å². The minimum atomic E-state index is 0.571. The number of para-hydroxylation sites is 1. The monoisotopic (exact) mass is 433 g/mol. The topological polar surface area (TPSA) is 51.8 Å². The van der Waals surface area contributed by atoms with E-state index >= 15 is 0 Å². The maximum atomic E-state index is 6.25. The van der Waals surface area contributed by atoms with Gasteiger partial charge in [0.05, 0.1) is 0 Å². The number of nitrogens with zero attached hydrogens (tertiary/aromatic N) is 3. The van der Waals surface area contributed by atoms with Crippen molar-refractivity contribution in [1.82, 2.24) is 15.0 Å². The number of hydrogen-bond donors (Lipinski definition) is 0. The van der Waals surface area contributed by atoms with E-state index in [9.17, 15) is 0 Å². The van der Waals surface area contributed by atoms with Gasteiger partial charge in [-0.3, -0.25) is 0 Å². The normalized spacial score (nSPS) is 11.3. The summed E-state index contributed by atoms with van der Waals surface area (Å²) in [5.74, 6) is 1.77. The van der Waals surface area contributed by atoms with Crippen LogP contribution in [0.5, 0.6) is 0 Å². The SMILES string of the molecule is Clc1cccc(-c2nc(-c3ccccc3)nc(-c3cccc4oc5ccccc5c34)n2)c1. The number of benzene rings is 4. The number of aromatic nitrogens is 3. The number of fused-ring (bicyclic) bond motifs is 3. The highest BCUT2D eigenvalue weighted by atomic mass is 35.5. The van der Waals surface area contributed by atoms with Crippen LogP contribution in [0.15, 0.2) is 101 Å². The van der Waals surface area contributed by atoms with Gasteiger partial charge in [-0.1, -0.05) is 84.4 Å². The fourth-order valence-corrected chi connectivity index (χ4v) is 4.12. The van der Waals surface area contributed by atoms with Crippen LogP contribution >= 0.6 is 11.6 Å². The lowest BCUT2D eigenvalue weighted by Gasteiger charge is -2.09. The van der Waals surface area contributed by atoms with Crippen LogP contribution in [0.25, 0.3) is 56.1 Å². The molecule has 2 aromatic heterocycles. The van der Waals surface area contributed by atoms with Crippen LogP contribution in [0.4, 0.5) is 0 Å². The molecule has 0 aliphatic heterocycles. The number of furan rings is 1. The van der Waals surface area contributed by atoms with Gasteiger partial charge in [0.25, 0.3) is 0 Å². The lowest BCUT2D eigenvalue weighted by Crippen LogP contribution is -2.00. The van der Waals surface area contributed by atoms with Crippen LogP contribution in [-0.2, 0) is 0 Å². The predicted molar refractivity (Wildman–Crippen MR) is 128 cm³/mol. The summed E-state index contributed by atoms with van der Waals surface area (Å²) in [5.41, 5.74) is 4.29. The first-order chi connectivity index (χ1) is 15.8. The molecule has 0 atom stereocenters. The average Bonchev–Trinajstić information content (AvgIpc) is 3.23. The van der Waals surface area contributed by atoms with Crippen LogP contribution in [0.1, 0.15) is 0 Å². The summed E-state index contributed by atoms with van der Waals surface area (Å²) in [5, 5.41) is 2.66. The van der Waals surface area contributed by atoms with Crippen molar-refractivity contribution in [3.8, 4) is 34.2 Å². The van der Waals surface area contributed by atoms with Crippen molar-refractivity contribution in [1.29, 1.82) is 0 Å². The molecular formula is C27H16ClN3O. The zero-order valence-electron chi connectivity index (χ0n) is 16.9. The second-order valence-corrected chi connectivity index (χ2v) is 7.90. The second-order valence-electron chi connectivity index (χ2n) is 7.46. The summed E-state index contributed by atoms with van der Waals surface area (Å²) < 4.78 is 6.07. The highest BCUT2D eigenvalue weighted by Gasteiger charge is 2.17. The summed E-state index contributed by atoms with van der Waals surface area (Å²) in [6.07, 6.45) is 0. The minimum Gasteiger partial charge on any atom is -0.456 e. The van der Waals surface area contributed by atoms with E-state index in [0.717, 1.165) is 38.6 Å². The van der Waals surface area contributed by atoms with Gasteiger partial charge in [-0.15, -0.1) is 0 Å². The van der Waals surface area contributed by atoms with Crippen molar-refractivity contribution >= 4 is 33.5 Å². The fraction of sp³-hybridized carbons (Fsp3) is 0. The van der Waals surface area contributed by atoms with Gasteiger partial charge in [-0.25, -0.2) is 15.0 Å². The van der Waals surface area contributed by atoms with Crippen LogP contribution in [-0.4, -0.2) is 15.0 Å². The van der Waals surface area contributed by atoms with Crippen molar-refractivity contribution in [2.24, 2.45) is 0 Å². The van der Waals surface area contributed by atoms with Gasteiger partial charge in [0, 0.05) is 32.5 Å². The zero-order chi connectivity index (χ0) is 21.5. The quantitative estimate of drug-likeness (QED) is 0.291. The average molecular weight is 434 g/mol. The molecule has 6 rings (SSSR count). The number of rotatable bonds is 3. The third-order valence-electron chi connectivity index (χ3n) is 5.39. The van der Waals surface area contributed by atoms with Crippen LogP contribution < -0.4 is 0 Å². The molecule has 0 bridgehead atoms. The molecule has 152 valence electrons. The van der Waals surface area contributed by atoms with Gasteiger partial charge in [-0.2, -0.15) is 0 Å². The molecule has 6 aromatic rings. The van der Waals surface area contributed by atoms with Gasteiger partial charge in [0.2, 0.25) is 0 Å². The molecule has 0 spiro atoms. The van der Waals surface area contributed by atoms with Crippen molar-refractivity contribution < 1.29 is 4.42 Å². The number of halogens is 1. The van der Waals surface area contributed by atoms with E-state index in [2.05, 4.69) is 6.07 Å². The van der Waals surface area contributed by atoms with Crippen molar-refractivity contribution in [2.45, 2.75) is 0 Å². The Kier molecular flexibility index (Phi) is 4.44. The Morgan fingerprint density at radius 2 is 1.22 bits per heavy atom. The predicted octanol–water partition coefficient (Wildman–Crippen LogP) is 7.43. The maximum Gasteiger partial charge on any atom is 0.164 e. The molecule has 0 saturated heterocycles. The molecule has 0 amide bonds.